The molecular weight excluding hydrogens is 316 g/mol. The highest BCUT2D eigenvalue weighted by atomic mass is 79.9. The van der Waals surface area contributed by atoms with Gasteiger partial charge < -0.3 is 15.3 Å². The number of hydrogen-bond acceptors (Lipinski definition) is 3. The summed E-state index contributed by atoms with van der Waals surface area (Å²) in [5.74, 6) is 0. The van der Waals surface area contributed by atoms with Crippen molar-refractivity contribution in [3.8, 4) is 0 Å². The van der Waals surface area contributed by atoms with E-state index in [9.17, 15) is 5.11 Å². The molecule has 2 N–H and O–H groups in total. The zero-order valence-corrected chi connectivity index (χ0v) is 13.3. The van der Waals surface area contributed by atoms with E-state index in [1.807, 2.05) is 39.2 Å². The summed E-state index contributed by atoms with van der Waals surface area (Å²) in [7, 11) is 4.04. The van der Waals surface area contributed by atoms with Crippen molar-refractivity contribution in [1.82, 2.24) is 10.2 Å². The third-order valence-electron chi connectivity index (χ3n) is 2.92. The number of hydrogen-bond donors (Lipinski definition) is 2. The molecule has 0 fully saturated rings. The molecule has 5 heteroatoms. The summed E-state index contributed by atoms with van der Waals surface area (Å²) in [6.07, 6.45) is 0. The number of nitrogens with one attached hydrogen (secondary N) is 1. The highest BCUT2D eigenvalue weighted by Crippen LogP contribution is 2.30. The number of benzene rings is 1. The highest BCUT2D eigenvalue weighted by Gasteiger charge is 2.27. The van der Waals surface area contributed by atoms with Gasteiger partial charge in [-0.3, -0.25) is 0 Å². The molecule has 3 nitrogen and oxygen atoms in total. The fourth-order valence-corrected chi connectivity index (χ4v) is 2.61. The molecule has 0 saturated heterocycles. The van der Waals surface area contributed by atoms with Crippen molar-refractivity contribution in [1.29, 1.82) is 0 Å². The molecule has 0 aromatic heterocycles. The number of halogens is 2. The minimum atomic E-state index is -0.520. The molecule has 1 unspecified atom stereocenters. The van der Waals surface area contributed by atoms with Gasteiger partial charge >= 0.3 is 0 Å². The van der Waals surface area contributed by atoms with Crippen molar-refractivity contribution in [2.24, 2.45) is 0 Å². The molecule has 0 aliphatic heterocycles. The first kappa shape index (κ1) is 15.9. The average Bonchev–Trinajstić information content (AvgIpc) is 2.28. The van der Waals surface area contributed by atoms with Gasteiger partial charge in [-0.2, -0.15) is 0 Å². The van der Waals surface area contributed by atoms with Crippen LogP contribution in [0.1, 0.15) is 12.5 Å². The molecule has 0 saturated carbocycles. The van der Waals surface area contributed by atoms with Crippen molar-refractivity contribution in [2.75, 3.05) is 33.8 Å². The number of aliphatic hydroxyl groups is 1. The fourth-order valence-electron chi connectivity index (χ4n) is 1.73. The average molecular weight is 336 g/mol. The molecule has 0 heterocycles. The predicted molar refractivity (Wildman–Crippen MR) is 80.1 cm³/mol. The van der Waals surface area contributed by atoms with E-state index in [1.165, 1.54) is 0 Å². The van der Waals surface area contributed by atoms with E-state index in [0.717, 1.165) is 23.1 Å². The van der Waals surface area contributed by atoms with Gasteiger partial charge in [-0.15, -0.1) is 0 Å². The number of likely N-dealkylation sites (N-methyl/N-ethyl adjacent to an activating group) is 1. The number of aliphatic hydroxyl groups excluding tert-OH is 1. The van der Waals surface area contributed by atoms with Crippen molar-refractivity contribution in [3.63, 3.8) is 0 Å². The second-order valence-corrected chi connectivity index (χ2v) is 6.17. The van der Waals surface area contributed by atoms with Crippen LogP contribution in [0.25, 0.3) is 0 Å². The lowest BCUT2D eigenvalue weighted by Gasteiger charge is -2.31. The Hall–Kier alpha value is -0.130. The standard InChI is InChI=1S/C13H20BrClN2O/c1-13(9-18,16-6-7-17(2)3)11-5-4-10(14)8-12(11)15/h4-5,8,16,18H,6-7,9H2,1-3H3. The topological polar surface area (TPSA) is 35.5 Å². The summed E-state index contributed by atoms with van der Waals surface area (Å²) in [5.41, 5.74) is 0.391. The Morgan fingerprint density at radius 3 is 2.61 bits per heavy atom. The summed E-state index contributed by atoms with van der Waals surface area (Å²) in [5, 5.41) is 13.7. The van der Waals surface area contributed by atoms with Gasteiger partial charge in [0.05, 0.1) is 12.1 Å². The van der Waals surface area contributed by atoms with Crippen molar-refractivity contribution in [2.45, 2.75) is 12.5 Å². The van der Waals surface area contributed by atoms with Gasteiger partial charge in [-0.1, -0.05) is 33.6 Å². The Labute approximate surface area is 122 Å². The third kappa shape index (κ3) is 4.21. The normalized spacial score (nSPS) is 14.8. The molecule has 0 amide bonds. The molecule has 1 atom stereocenters. The summed E-state index contributed by atoms with van der Waals surface area (Å²) in [4.78, 5) is 2.09. The maximum Gasteiger partial charge on any atom is 0.0655 e. The van der Waals surface area contributed by atoms with E-state index >= 15 is 0 Å². The van der Waals surface area contributed by atoms with Gasteiger partial charge in [-0.05, 0) is 38.7 Å². The molecule has 1 aromatic rings. The quantitative estimate of drug-likeness (QED) is 0.838. The third-order valence-corrected chi connectivity index (χ3v) is 3.72. The van der Waals surface area contributed by atoms with Crippen molar-refractivity contribution < 1.29 is 5.11 Å². The predicted octanol–water partition coefficient (Wildman–Crippen LogP) is 2.46. The minimum Gasteiger partial charge on any atom is -0.394 e. The van der Waals surface area contributed by atoms with Crippen LogP contribution in [0.2, 0.25) is 5.02 Å². The van der Waals surface area contributed by atoms with Gasteiger partial charge in [-0.25, -0.2) is 0 Å². The van der Waals surface area contributed by atoms with E-state index in [1.54, 1.807) is 0 Å². The van der Waals surface area contributed by atoms with Gasteiger partial charge in [0, 0.05) is 22.6 Å². The molecule has 1 aromatic carbocycles. The van der Waals surface area contributed by atoms with Gasteiger partial charge in [0.2, 0.25) is 0 Å². The van der Waals surface area contributed by atoms with Crippen LogP contribution in [0.3, 0.4) is 0 Å². The zero-order chi connectivity index (χ0) is 13.8. The summed E-state index contributed by atoms with van der Waals surface area (Å²) in [6, 6.07) is 5.71. The first-order valence-electron chi connectivity index (χ1n) is 5.85. The minimum absolute atomic E-state index is 0.00177. The van der Waals surface area contributed by atoms with Crippen LogP contribution >= 0.6 is 27.5 Å². The Bertz CT molecular complexity index is 401. The van der Waals surface area contributed by atoms with Crippen LogP contribution in [0, 0.1) is 0 Å². The second-order valence-electron chi connectivity index (χ2n) is 4.84. The lowest BCUT2D eigenvalue weighted by molar-refractivity contribution is 0.172. The maximum absolute atomic E-state index is 9.65. The first-order chi connectivity index (χ1) is 8.39. The summed E-state index contributed by atoms with van der Waals surface area (Å²) < 4.78 is 0.935. The van der Waals surface area contributed by atoms with E-state index in [0.29, 0.717) is 5.02 Å². The molecule has 0 spiro atoms. The number of nitrogens with zero attached hydrogens (tertiary/aromatic N) is 1. The second kappa shape index (κ2) is 6.87. The van der Waals surface area contributed by atoms with Crippen LogP contribution in [0.15, 0.2) is 22.7 Å². The van der Waals surface area contributed by atoms with Crippen LogP contribution in [-0.2, 0) is 5.54 Å². The van der Waals surface area contributed by atoms with Crippen LogP contribution in [-0.4, -0.2) is 43.8 Å². The Kier molecular flexibility index (Phi) is 6.08. The van der Waals surface area contributed by atoms with E-state index in [4.69, 9.17) is 11.6 Å². The molecule has 1 rings (SSSR count). The zero-order valence-electron chi connectivity index (χ0n) is 11.0. The van der Waals surface area contributed by atoms with Gasteiger partial charge in [0.15, 0.2) is 0 Å². The molecule has 102 valence electrons. The van der Waals surface area contributed by atoms with Crippen molar-refractivity contribution in [3.05, 3.63) is 33.3 Å². The SMILES string of the molecule is CN(C)CCNC(C)(CO)c1ccc(Br)cc1Cl. The Morgan fingerprint density at radius 2 is 2.11 bits per heavy atom. The molecule has 18 heavy (non-hydrogen) atoms. The summed E-state index contributed by atoms with van der Waals surface area (Å²) in [6.45, 7) is 3.65. The van der Waals surface area contributed by atoms with Crippen molar-refractivity contribution >= 4 is 27.5 Å². The van der Waals surface area contributed by atoms with Gasteiger partial charge in [0.25, 0.3) is 0 Å². The molecule has 0 bridgehead atoms. The Balaban J connectivity index is 2.85. The molecule has 0 radical (unpaired) electrons. The van der Waals surface area contributed by atoms with Crippen LogP contribution in [0.4, 0.5) is 0 Å². The largest absolute Gasteiger partial charge is 0.394 e. The molecular formula is C13H20BrClN2O. The van der Waals surface area contributed by atoms with E-state index in [-0.39, 0.29) is 6.61 Å². The lowest BCUT2D eigenvalue weighted by Crippen LogP contribution is -2.45. The van der Waals surface area contributed by atoms with Crippen LogP contribution in [0.5, 0.6) is 0 Å². The van der Waals surface area contributed by atoms with Gasteiger partial charge in [0.1, 0.15) is 0 Å². The summed E-state index contributed by atoms with van der Waals surface area (Å²) >= 11 is 9.63. The van der Waals surface area contributed by atoms with Crippen LogP contribution < -0.4 is 5.32 Å². The van der Waals surface area contributed by atoms with E-state index in [2.05, 4.69) is 26.1 Å². The smallest absolute Gasteiger partial charge is 0.0655 e. The highest BCUT2D eigenvalue weighted by molar-refractivity contribution is 9.10. The fraction of sp³-hybridized carbons (Fsp3) is 0.538. The lowest BCUT2D eigenvalue weighted by atomic mass is 9.93. The van der Waals surface area contributed by atoms with E-state index < -0.39 is 5.54 Å². The molecule has 0 aliphatic carbocycles. The first-order valence-corrected chi connectivity index (χ1v) is 7.02. The number of rotatable bonds is 6. The monoisotopic (exact) mass is 334 g/mol. The molecule has 0 aliphatic rings. The Morgan fingerprint density at radius 1 is 1.44 bits per heavy atom. The maximum atomic E-state index is 9.65.